The summed E-state index contributed by atoms with van der Waals surface area (Å²) in [5, 5.41) is 5.68. The highest BCUT2D eigenvalue weighted by Gasteiger charge is 2.08. The van der Waals surface area contributed by atoms with Gasteiger partial charge in [0.25, 0.3) is 0 Å². The summed E-state index contributed by atoms with van der Waals surface area (Å²) in [5.74, 6) is 1.49. The molecule has 6 nitrogen and oxygen atoms in total. The number of hydrogen-bond donors (Lipinski definition) is 2. The molecule has 0 aliphatic carbocycles. The minimum atomic E-state index is -0.269. The van der Waals surface area contributed by atoms with Crippen LogP contribution in [0.25, 0.3) is 22.4 Å². The fourth-order valence-electron chi connectivity index (χ4n) is 3.46. The molecule has 0 saturated carbocycles. The van der Waals surface area contributed by atoms with Crippen molar-refractivity contribution in [2.45, 2.75) is 31.1 Å². The van der Waals surface area contributed by atoms with Crippen LogP contribution in [0.5, 0.6) is 0 Å². The number of hydrogen-bond acceptors (Lipinski definition) is 5. The van der Waals surface area contributed by atoms with E-state index in [1.165, 1.54) is 10.5 Å². The first kappa shape index (κ1) is 22.7. The van der Waals surface area contributed by atoms with Crippen molar-refractivity contribution in [2.75, 3.05) is 17.6 Å². The Balaban J connectivity index is 1.32. The van der Waals surface area contributed by atoms with Gasteiger partial charge >= 0.3 is 6.03 Å². The zero-order chi connectivity index (χ0) is 22.9. The fourth-order valence-corrected chi connectivity index (χ4v) is 4.12. The van der Waals surface area contributed by atoms with Gasteiger partial charge in [0.15, 0.2) is 5.65 Å². The second-order valence-corrected chi connectivity index (χ2v) is 8.91. The first-order valence-corrected chi connectivity index (χ1v) is 12.2. The maximum absolute atomic E-state index is 12.3. The van der Waals surface area contributed by atoms with Crippen LogP contribution in [-0.4, -0.2) is 33.3 Å². The maximum Gasteiger partial charge on any atom is 0.320 e. The fraction of sp³-hybridized carbons (Fsp3) is 0.231. The van der Waals surface area contributed by atoms with Crippen LogP contribution in [0.2, 0.25) is 0 Å². The van der Waals surface area contributed by atoms with Gasteiger partial charge in [-0.05, 0) is 54.8 Å². The summed E-state index contributed by atoms with van der Waals surface area (Å²) in [6.07, 6.45) is 4.70. The van der Waals surface area contributed by atoms with Crippen molar-refractivity contribution in [3.8, 4) is 11.3 Å². The molecule has 0 aliphatic rings. The lowest BCUT2D eigenvalue weighted by Gasteiger charge is -2.08. The van der Waals surface area contributed by atoms with Crippen molar-refractivity contribution in [1.82, 2.24) is 20.3 Å². The lowest BCUT2D eigenvalue weighted by molar-refractivity contribution is 0.252. The van der Waals surface area contributed by atoms with Gasteiger partial charge in [0.05, 0.1) is 11.9 Å². The molecule has 0 saturated heterocycles. The number of aryl methyl sites for hydroxylation is 1. The van der Waals surface area contributed by atoms with Crippen molar-refractivity contribution in [2.24, 2.45) is 0 Å². The molecule has 0 unspecified atom stereocenters. The van der Waals surface area contributed by atoms with Crippen LogP contribution in [0, 0.1) is 0 Å². The normalized spacial score (nSPS) is 10.8. The van der Waals surface area contributed by atoms with E-state index in [-0.39, 0.29) is 6.03 Å². The van der Waals surface area contributed by atoms with Crippen LogP contribution in [0.1, 0.15) is 25.3 Å². The molecule has 0 spiro atoms. The Bertz CT molecular complexity index is 1200. The molecule has 0 fully saturated rings. The van der Waals surface area contributed by atoms with E-state index in [1.54, 1.807) is 24.0 Å². The highest BCUT2D eigenvalue weighted by Crippen LogP contribution is 2.23. The monoisotopic (exact) mass is 457 g/mol. The van der Waals surface area contributed by atoms with Crippen molar-refractivity contribution >= 4 is 34.8 Å². The van der Waals surface area contributed by atoms with E-state index in [0.29, 0.717) is 23.5 Å². The third-order valence-corrected chi connectivity index (χ3v) is 6.02. The average molecular weight is 458 g/mol. The average Bonchev–Trinajstić information content (AvgIpc) is 2.85. The zero-order valence-corrected chi connectivity index (χ0v) is 19.4. The Morgan fingerprint density at radius 1 is 0.939 bits per heavy atom. The van der Waals surface area contributed by atoms with Crippen LogP contribution >= 0.6 is 11.8 Å². The summed E-state index contributed by atoms with van der Waals surface area (Å²) < 4.78 is 0. The van der Waals surface area contributed by atoms with Gasteiger partial charge in [-0.15, -0.1) is 11.8 Å². The van der Waals surface area contributed by atoms with E-state index in [2.05, 4.69) is 56.8 Å². The van der Waals surface area contributed by atoms with E-state index >= 15 is 0 Å². The Labute approximate surface area is 198 Å². The molecule has 2 heterocycles. The number of carbonyl (C=O) groups excluding carboxylic acids is 1. The van der Waals surface area contributed by atoms with Crippen LogP contribution in [0.15, 0.2) is 77.8 Å². The predicted octanol–water partition coefficient (Wildman–Crippen LogP) is 5.95. The summed E-state index contributed by atoms with van der Waals surface area (Å²) in [6, 6.07) is 21.9. The van der Waals surface area contributed by atoms with Crippen LogP contribution in [0.3, 0.4) is 0 Å². The van der Waals surface area contributed by atoms with Gasteiger partial charge in [0.1, 0.15) is 11.3 Å². The lowest BCUT2D eigenvalue weighted by atomic mass is 10.1. The standard InChI is InChI=1S/C26H27N5OS/c1-2-33-21-13-11-20(12-14-21)23-18-28-22-15-16-24(30-25(22)29-23)31-26(32)27-17-7-6-10-19-8-4-3-5-9-19/h3-5,8-9,11-16,18H,2,6-7,10,17H2,1H3,(H2,27,29,30,31,32). The molecule has 0 bridgehead atoms. The van der Waals surface area contributed by atoms with E-state index in [9.17, 15) is 4.79 Å². The molecule has 4 rings (SSSR count). The predicted molar refractivity (Wildman–Crippen MR) is 136 cm³/mol. The van der Waals surface area contributed by atoms with Crippen molar-refractivity contribution < 1.29 is 4.79 Å². The molecule has 7 heteroatoms. The molecule has 0 radical (unpaired) electrons. The number of carbonyl (C=O) groups is 1. The van der Waals surface area contributed by atoms with Crippen LogP contribution in [-0.2, 0) is 6.42 Å². The van der Waals surface area contributed by atoms with Gasteiger partial charge in [-0.1, -0.05) is 49.4 Å². The molecule has 2 aromatic carbocycles. The molecule has 0 atom stereocenters. The van der Waals surface area contributed by atoms with Gasteiger partial charge < -0.3 is 5.32 Å². The number of nitrogens with one attached hydrogen (secondary N) is 2. The van der Waals surface area contributed by atoms with Gasteiger partial charge in [-0.2, -0.15) is 0 Å². The summed E-state index contributed by atoms with van der Waals surface area (Å²) in [7, 11) is 0. The second kappa shape index (κ2) is 11.4. The molecule has 0 aliphatic heterocycles. The Morgan fingerprint density at radius 3 is 2.55 bits per heavy atom. The summed E-state index contributed by atoms with van der Waals surface area (Å²) in [4.78, 5) is 27.1. The molecule has 168 valence electrons. The number of thioether (sulfide) groups is 1. The van der Waals surface area contributed by atoms with Gasteiger partial charge in [-0.25, -0.2) is 14.8 Å². The second-order valence-electron chi connectivity index (χ2n) is 7.58. The Hall–Kier alpha value is -3.45. The van der Waals surface area contributed by atoms with E-state index < -0.39 is 0 Å². The molecular formula is C26H27N5OS. The third-order valence-electron chi connectivity index (χ3n) is 5.13. The number of nitrogens with zero attached hydrogens (tertiary/aromatic N) is 3. The number of pyridine rings is 1. The van der Waals surface area contributed by atoms with E-state index in [4.69, 9.17) is 0 Å². The number of aromatic nitrogens is 3. The van der Waals surface area contributed by atoms with Crippen LogP contribution in [0.4, 0.5) is 10.6 Å². The summed E-state index contributed by atoms with van der Waals surface area (Å²) in [6.45, 7) is 2.75. The first-order chi connectivity index (χ1) is 16.2. The van der Waals surface area contributed by atoms with Crippen LogP contribution < -0.4 is 10.6 Å². The topological polar surface area (TPSA) is 79.8 Å². The van der Waals surface area contributed by atoms with Gasteiger partial charge in [-0.3, -0.25) is 10.3 Å². The first-order valence-electron chi connectivity index (χ1n) is 11.2. The number of fused-ring (bicyclic) bond motifs is 1. The molecule has 2 aromatic heterocycles. The molecular weight excluding hydrogens is 430 g/mol. The molecule has 2 amide bonds. The quantitative estimate of drug-likeness (QED) is 0.240. The number of urea groups is 1. The smallest absolute Gasteiger partial charge is 0.320 e. The summed E-state index contributed by atoms with van der Waals surface area (Å²) >= 11 is 1.80. The molecule has 33 heavy (non-hydrogen) atoms. The van der Waals surface area contributed by atoms with Gasteiger partial charge in [0, 0.05) is 17.0 Å². The van der Waals surface area contributed by atoms with Crippen molar-refractivity contribution in [1.29, 1.82) is 0 Å². The van der Waals surface area contributed by atoms with Crippen molar-refractivity contribution in [3.05, 3.63) is 78.5 Å². The highest BCUT2D eigenvalue weighted by atomic mass is 32.2. The third kappa shape index (κ3) is 6.52. The number of rotatable bonds is 9. The largest absolute Gasteiger partial charge is 0.338 e. The maximum atomic E-state index is 12.3. The molecule has 4 aromatic rings. The SMILES string of the molecule is CCSc1ccc(-c2cnc3ccc(NC(=O)NCCCCc4ccccc4)nc3n2)cc1. The molecule has 2 N–H and O–H groups in total. The summed E-state index contributed by atoms with van der Waals surface area (Å²) in [5.41, 5.74) is 4.24. The highest BCUT2D eigenvalue weighted by molar-refractivity contribution is 7.99. The Kier molecular flexibility index (Phi) is 7.87. The van der Waals surface area contributed by atoms with Crippen molar-refractivity contribution in [3.63, 3.8) is 0 Å². The zero-order valence-electron chi connectivity index (χ0n) is 18.6. The van der Waals surface area contributed by atoms with E-state index in [0.717, 1.165) is 36.3 Å². The minimum absolute atomic E-state index is 0.269. The minimum Gasteiger partial charge on any atom is -0.338 e. The number of unbranched alkanes of at least 4 members (excludes halogenated alkanes) is 1. The number of amides is 2. The lowest BCUT2D eigenvalue weighted by Crippen LogP contribution is -2.29. The number of benzene rings is 2. The van der Waals surface area contributed by atoms with E-state index in [1.807, 2.05) is 36.4 Å². The Morgan fingerprint density at radius 2 is 1.76 bits per heavy atom. The van der Waals surface area contributed by atoms with Gasteiger partial charge in [0.2, 0.25) is 0 Å². The number of anilines is 1.